The zero-order valence-electron chi connectivity index (χ0n) is 13.5. The minimum Gasteiger partial charge on any atom is -0.360 e. The van der Waals surface area contributed by atoms with Crippen molar-refractivity contribution < 1.29 is 13.9 Å². The van der Waals surface area contributed by atoms with E-state index in [2.05, 4.69) is 40.7 Å². The lowest BCUT2D eigenvalue weighted by Crippen LogP contribution is -2.22. The summed E-state index contributed by atoms with van der Waals surface area (Å²) in [5, 5.41) is 4.19. The predicted octanol–water partition coefficient (Wildman–Crippen LogP) is 4.58. The van der Waals surface area contributed by atoms with E-state index in [9.17, 15) is 9.18 Å². The molecule has 23 heavy (non-hydrogen) atoms. The van der Waals surface area contributed by atoms with E-state index in [4.69, 9.17) is 4.74 Å². The van der Waals surface area contributed by atoms with Gasteiger partial charge in [-0.15, -0.1) is 0 Å². The second kappa shape index (κ2) is 7.50. The van der Waals surface area contributed by atoms with E-state index in [0.717, 1.165) is 12.3 Å². The maximum absolute atomic E-state index is 13.7. The van der Waals surface area contributed by atoms with Crippen LogP contribution in [0.1, 0.15) is 10.5 Å². The molecule has 7 heteroatoms. The highest BCUT2D eigenvalue weighted by Crippen LogP contribution is 2.26. The number of carbonyl (C=O) groups excluding carboxylic acids is 1. The summed E-state index contributed by atoms with van der Waals surface area (Å²) >= 11 is 3.12. The minimum atomic E-state index is -1.15. The molecule has 0 aliphatic carbocycles. The summed E-state index contributed by atoms with van der Waals surface area (Å²) < 4.78 is 21.2. The Morgan fingerprint density at radius 3 is 2.74 bits per heavy atom. The Hall–Kier alpha value is -1.31. The minimum absolute atomic E-state index is 0.220. The molecule has 124 valence electrons. The van der Waals surface area contributed by atoms with Crippen molar-refractivity contribution in [2.75, 3.05) is 6.61 Å². The number of rotatable bonds is 7. The maximum atomic E-state index is 13.7. The summed E-state index contributed by atoms with van der Waals surface area (Å²) in [7, 11) is -1.15. The van der Waals surface area contributed by atoms with Crippen LogP contribution in [0.15, 0.2) is 28.9 Å². The number of halogens is 2. The van der Waals surface area contributed by atoms with Crippen LogP contribution in [0.25, 0.3) is 11.1 Å². The first kappa shape index (κ1) is 18.0. The number of aromatic nitrogens is 2. The smallest absolute Gasteiger partial charge is 0.168 e. The van der Waals surface area contributed by atoms with Crippen LogP contribution in [-0.2, 0) is 11.5 Å². The molecule has 0 unspecified atom stereocenters. The predicted molar refractivity (Wildman–Crippen MR) is 94.8 cm³/mol. The molecule has 0 radical (unpaired) electrons. The lowest BCUT2D eigenvalue weighted by Gasteiger charge is -2.15. The zero-order chi connectivity index (χ0) is 17.0. The van der Waals surface area contributed by atoms with Crippen molar-refractivity contribution >= 4 is 30.3 Å². The third-order valence-electron chi connectivity index (χ3n) is 3.43. The number of benzene rings is 1. The van der Waals surface area contributed by atoms with Gasteiger partial charge in [-0.05, 0) is 39.7 Å². The van der Waals surface area contributed by atoms with Gasteiger partial charge in [0.1, 0.15) is 18.2 Å². The Bertz CT molecular complexity index is 698. The lowest BCUT2D eigenvalue weighted by molar-refractivity contribution is 0.0754. The average molecular weight is 399 g/mol. The zero-order valence-corrected chi connectivity index (χ0v) is 16.1. The summed E-state index contributed by atoms with van der Waals surface area (Å²) in [6.45, 7) is 7.71. The van der Waals surface area contributed by atoms with Gasteiger partial charge in [0.05, 0.1) is 10.7 Å². The summed E-state index contributed by atoms with van der Waals surface area (Å²) in [5.41, 5.74) is 1.60. The van der Waals surface area contributed by atoms with E-state index in [1.165, 1.54) is 10.7 Å². The van der Waals surface area contributed by atoms with Gasteiger partial charge in [-0.2, -0.15) is 5.10 Å². The largest absolute Gasteiger partial charge is 0.360 e. The molecule has 0 bridgehead atoms. The van der Waals surface area contributed by atoms with Crippen LogP contribution in [-0.4, -0.2) is 30.7 Å². The number of ether oxygens (including phenoxy) is 1. The van der Waals surface area contributed by atoms with Gasteiger partial charge in [-0.3, -0.25) is 4.79 Å². The third-order valence-corrected chi connectivity index (χ3v) is 5.78. The molecule has 0 spiro atoms. The van der Waals surface area contributed by atoms with Crippen LogP contribution >= 0.6 is 15.9 Å². The first-order valence-corrected chi connectivity index (χ1v) is 11.9. The van der Waals surface area contributed by atoms with Gasteiger partial charge < -0.3 is 4.74 Å². The molecule has 1 aromatic heterocycles. The van der Waals surface area contributed by atoms with Crippen LogP contribution < -0.4 is 0 Å². The summed E-state index contributed by atoms with van der Waals surface area (Å²) in [4.78, 5) is 11.4. The molecule has 0 amide bonds. The van der Waals surface area contributed by atoms with E-state index in [1.54, 1.807) is 18.3 Å². The molecule has 0 N–H and O–H groups in total. The molecule has 2 rings (SSSR count). The van der Waals surface area contributed by atoms with E-state index in [0.29, 0.717) is 27.9 Å². The normalized spacial score (nSPS) is 11.7. The van der Waals surface area contributed by atoms with Crippen molar-refractivity contribution in [3.05, 3.63) is 40.4 Å². The molecular formula is C16H20BrFN2O2Si. The maximum Gasteiger partial charge on any atom is 0.168 e. The Morgan fingerprint density at radius 1 is 1.39 bits per heavy atom. The van der Waals surface area contributed by atoms with Crippen LogP contribution in [0.2, 0.25) is 25.7 Å². The molecule has 2 aromatic rings. The van der Waals surface area contributed by atoms with Crippen molar-refractivity contribution in [2.45, 2.75) is 32.4 Å². The number of nitrogens with zero attached hydrogens (tertiary/aromatic N) is 2. The van der Waals surface area contributed by atoms with Crippen molar-refractivity contribution in [2.24, 2.45) is 0 Å². The molecule has 0 atom stereocenters. The highest BCUT2D eigenvalue weighted by Gasteiger charge is 2.15. The second-order valence-corrected chi connectivity index (χ2v) is 13.0. The second-order valence-electron chi connectivity index (χ2n) is 6.54. The van der Waals surface area contributed by atoms with Crippen LogP contribution in [0.4, 0.5) is 4.39 Å². The van der Waals surface area contributed by atoms with Gasteiger partial charge in [-0.25, -0.2) is 9.07 Å². The van der Waals surface area contributed by atoms with Gasteiger partial charge in [0.25, 0.3) is 0 Å². The van der Waals surface area contributed by atoms with Crippen molar-refractivity contribution in [1.82, 2.24) is 9.78 Å². The highest BCUT2D eigenvalue weighted by molar-refractivity contribution is 9.10. The van der Waals surface area contributed by atoms with Crippen LogP contribution in [0, 0.1) is 5.82 Å². The van der Waals surface area contributed by atoms with Gasteiger partial charge >= 0.3 is 0 Å². The van der Waals surface area contributed by atoms with Crippen molar-refractivity contribution in [3.8, 4) is 11.1 Å². The summed E-state index contributed by atoms with van der Waals surface area (Å²) in [6, 6.07) is 5.79. The SMILES string of the molecule is C[Si](C)(C)CCOCn1ncc(-c2ccc(Br)c(F)c2)c1C=O. The molecule has 1 aromatic carbocycles. The van der Waals surface area contributed by atoms with Crippen LogP contribution in [0.5, 0.6) is 0 Å². The number of hydrogen-bond donors (Lipinski definition) is 0. The van der Waals surface area contributed by atoms with Crippen molar-refractivity contribution in [1.29, 1.82) is 0 Å². The Morgan fingerprint density at radius 2 is 2.13 bits per heavy atom. The third kappa shape index (κ3) is 4.83. The standard InChI is InChI=1S/C16H20BrFN2O2Si/c1-23(2,3)7-6-22-11-20-16(10-21)13(9-19-20)12-4-5-14(17)15(18)8-12/h4-5,8-10H,6-7,11H2,1-3H3. The average Bonchev–Trinajstić information content (AvgIpc) is 2.88. The molecule has 0 saturated heterocycles. The van der Waals surface area contributed by atoms with Gasteiger partial charge in [-0.1, -0.05) is 25.7 Å². The van der Waals surface area contributed by atoms with E-state index in [1.807, 2.05) is 0 Å². The summed E-state index contributed by atoms with van der Waals surface area (Å²) in [6.07, 6.45) is 2.29. The topological polar surface area (TPSA) is 44.1 Å². The van der Waals surface area contributed by atoms with Gasteiger partial charge in [0.15, 0.2) is 6.29 Å². The lowest BCUT2D eigenvalue weighted by atomic mass is 10.1. The fourth-order valence-corrected chi connectivity index (χ4v) is 3.04. The van der Waals surface area contributed by atoms with Crippen LogP contribution in [0.3, 0.4) is 0 Å². The first-order valence-electron chi connectivity index (χ1n) is 7.36. The Balaban J connectivity index is 2.13. The molecule has 4 nitrogen and oxygen atoms in total. The number of carbonyl (C=O) groups is 1. The fourth-order valence-electron chi connectivity index (χ4n) is 2.04. The Labute approximate surface area is 144 Å². The summed E-state index contributed by atoms with van der Waals surface area (Å²) in [5.74, 6) is -0.376. The molecule has 0 aliphatic rings. The van der Waals surface area contributed by atoms with E-state index in [-0.39, 0.29) is 12.5 Å². The molecule has 0 saturated carbocycles. The number of hydrogen-bond acceptors (Lipinski definition) is 3. The van der Waals surface area contributed by atoms with Gasteiger partial charge in [0.2, 0.25) is 0 Å². The van der Waals surface area contributed by atoms with Crippen molar-refractivity contribution in [3.63, 3.8) is 0 Å². The fraction of sp³-hybridized carbons (Fsp3) is 0.375. The molecule has 1 heterocycles. The molecular weight excluding hydrogens is 379 g/mol. The van der Waals surface area contributed by atoms with Gasteiger partial charge in [0, 0.05) is 20.2 Å². The quantitative estimate of drug-likeness (QED) is 0.389. The first-order chi connectivity index (χ1) is 10.8. The van der Waals surface area contributed by atoms with E-state index < -0.39 is 8.07 Å². The highest BCUT2D eigenvalue weighted by atomic mass is 79.9. The molecule has 0 aliphatic heterocycles. The number of aldehydes is 1. The monoisotopic (exact) mass is 398 g/mol. The molecule has 0 fully saturated rings. The van der Waals surface area contributed by atoms with E-state index >= 15 is 0 Å². The Kier molecular flexibility index (Phi) is 5.88.